The van der Waals surface area contributed by atoms with E-state index in [1.807, 2.05) is 6.92 Å². The molecule has 0 heterocycles. The van der Waals surface area contributed by atoms with Gasteiger partial charge in [0.15, 0.2) is 0 Å². The quantitative estimate of drug-likeness (QED) is 0.399. The molecular formula is C6H12B. The molecule has 0 saturated heterocycles. The third-order valence-corrected chi connectivity index (χ3v) is 1.18. The molecule has 0 aliphatic heterocycles. The Bertz CT molecular complexity index is 76.7. The van der Waals surface area contributed by atoms with E-state index in [4.69, 9.17) is 7.49 Å². The molecule has 1 radical (unpaired) electrons. The SMILES string of the molecule is [B]=C(C)C(C)(C)C. The zero-order chi connectivity index (χ0) is 6.08. The van der Waals surface area contributed by atoms with E-state index in [9.17, 15) is 0 Å². The second kappa shape index (κ2) is 1.81. The molecular weight excluding hydrogens is 82.9 g/mol. The van der Waals surface area contributed by atoms with Gasteiger partial charge in [-0.25, -0.2) is 0 Å². The van der Waals surface area contributed by atoms with Gasteiger partial charge in [0, 0.05) is 0 Å². The van der Waals surface area contributed by atoms with Crippen molar-refractivity contribution in [2.75, 3.05) is 0 Å². The normalized spacial score (nSPS) is 11.3. The zero-order valence-corrected chi connectivity index (χ0v) is 5.58. The summed E-state index contributed by atoms with van der Waals surface area (Å²) in [5.74, 6) is 0. The molecule has 0 aromatic heterocycles. The summed E-state index contributed by atoms with van der Waals surface area (Å²) in [6.07, 6.45) is 0. The maximum absolute atomic E-state index is 5.49. The van der Waals surface area contributed by atoms with Gasteiger partial charge in [0.25, 0.3) is 0 Å². The van der Waals surface area contributed by atoms with Crippen molar-refractivity contribution in [2.45, 2.75) is 27.7 Å². The van der Waals surface area contributed by atoms with Gasteiger partial charge in [-0.2, -0.15) is 0 Å². The molecule has 0 unspecified atom stereocenters. The molecule has 7 heavy (non-hydrogen) atoms. The van der Waals surface area contributed by atoms with Crippen LogP contribution in [0, 0.1) is 5.41 Å². The summed E-state index contributed by atoms with van der Waals surface area (Å²) in [5.41, 5.74) is 1.19. The minimum atomic E-state index is 0.194. The fourth-order valence-corrected chi connectivity index (χ4v) is 0. The van der Waals surface area contributed by atoms with Crippen molar-refractivity contribution in [2.24, 2.45) is 5.41 Å². The minimum absolute atomic E-state index is 0.194. The van der Waals surface area contributed by atoms with Crippen molar-refractivity contribution >= 4 is 13.0 Å². The van der Waals surface area contributed by atoms with Gasteiger partial charge in [0.2, 0.25) is 0 Å². The van der Waals surface area contributed by atoms with E-state index in [2.05, 4.69) is 20.8 Å². The molecule has 0 aromatic rings. The Labute approximate surface area is 47.0 Å². The number of hydrogen-bond donors (Lipinski definition) is 0. The monoisotopic (exact) mass is 95.1 g/mol. The topological polar surface area (TPSA) is 0 Å². The molecule has 0 amide bonds. The standard InChI is InChI=1S/C6H12B/c1-5(7)6(2,3)4/h1-4H3. The van der Waals surface area contributed by atoms with Crippen LogP contribution in [0.4, 0.5) is 0 Å². The summed E-state index contributed by atoms with van der Waals surface area (Å²) in [6, 6.07) is 0. The van der Waals surface area contributed by atoms with Crippen LogP contribution in [-0.4, -0.2) is 13.0 Å². The van der Waals surface area contributed by atoms with Crippen LogP contribution in [0.3, 0.4) is 0 Å². The molecule has 39 valence electrons. The van der Waals surface area contributed by atoms with Gasteiger partial charge >= 0.3 is 46.1 Å². The van der Waals surface area contributed by atoms with Crippen molar-refractivity contribution < 1.29 is 0 Å². The van der Waals surface area contributed by atoms with Crippen LogP contribution in [0.25, 0.3) is 0 Å². The molecule has 0 bridgehead atoms. The number of rotatable bonds is 0. The average Bonchev–Trinajstić information content (AvgIpc) is 1.31. The summed E-state index contributed by atoms with van der Waals surface area (Å²) < 4.78 is 0. The first-order valence-corrected chi connectivity index (χ1v) is 2.54. The van der Waals surface area contributed by atoms with Crippen molar-refractivity contribution in [3.63, 3.8) is 0 Å². The Morgan fingerprint density at radius 2 is 1.43 bits per heavy atom. The number of hydrogen-bond acceptors (Lipinski definition) is 0. The zero-order valence-electron chi connectivity index (χ0n) is 5.58. The Morgan fingerprint density at radius 3 is 1.43 bits per heavy atom. The molecule has 1 heteroatoms. The Morgan fingerprint density at radius 1 is 1.29 bits per heavy atom. The van der Waals surface area contributed by atoms with E-state index in [1.54, 1.807) is 0 Å². The van der Waals surface area contributed by atoms with Gasteiger partial charge in [-0.15, -0.1) is 0 Å². The molecule has 0 aromatic carbocycles. The fourth-order valence-electron chi connectivity index (χ4n) is 0. The van der Waals surface area contributed by atoms with Gasteiger partial charge in [-0.1, -0.05) is 0 Å². The maximum atomic E-state index is 5.49. The van der Waals surface area contributed by atoms with Crippen molar-refractivity contribution in [1.82, 2.24) is 0 Å². The summed E-state index contributed by atoms with van der Waals surface area (Å²) in [7, 11) is 5.49. The van der Waals surface area contributed by atoms with E-state index in [0.29, 0.717) is 0 Å². The first-order valence-electron chi connectivity index (χ1n) is 2.54. The predicted molar refractivity (Wildman–Crippen MR) is 35.9 cm³/mol. The average molecular weight is 95.0 g/mol. The first-order chi connectivity index (χ1) is 2.94. The summed E-state index contributed by atoms with van der Waals surface area (Å²) in [6.45, 7) is 8.24. The van der Waals surface area contributed by atoms with Crippen LogP contribution in [0.1, 0.15) is 27.7 Å². The summed E-state index contributed by atoms with van der Waals surface area (Å²) in [4.78, 5) is 0. The molecule has 0 rings (SSSR count). The van der Waals surface area contributed by atoms with Crippen LogP contribution in [0.5, 0.6) is 0 Å². The van der Waals surface area contributed by atoms with Gasteiger partial charge < -0.3 is 0 Å². The molecule has 0 atom stereocenters. The molecule has 0 spiro atoms. The third-order valence-electron chi connectivity index (χ3n) is 1.18. The molecule has 0 N–H and O–H groups in total. The summed E-state index contributed by atoms with van der Waals surface area (Å²) >= 11 is 0. The third kappa shape index (κ3) is 2.61. The van der Waals surface area contributed by atoms with E-state index in [0.717, 1.165) is 5.46 Å². The van der Waals surface area contributed by atoms with Crippen LogP contribution in [0.2, 0.25) is 0 Å². The van der Waals surface area contributed by atoms with E-state index in [1.165, 1.54) is 0 Å². The van der Waals surface area contributed by atoms with E-state index in [-0.39, 0.29) is 5.41 Å². The van der Waals surface area contributed by atoms with Gasteiger partial charge in [-0.3, -0.25) is 0 Å². The second-order valence-corrected chi connectivity index (χ2v) is 2.93. The van der Waals surface area contributed by atoms with Crippen molar-refractivity contribution in [3.8, 4) is 0 Å². The first kappa shape index (κ1) is 6.93. The van der Waals surface area contributed by atoms with Crippen LogP contribution in [0.15, 0.2) is 0 Å². The van der Waals surface area contributed by atoms with Crippen LogP contribution < -0.4 is 0 Å². The van der Waals surface area contributed by atoms with Crippen molar-refractivity contribution in [3.05, 3.63) is 0 Å². The van der Waals surface area contributed by atoms with Crippen molar-refractivity contribution in [1.29, 1.82) is 0 Å². The molecule has 0 aliphatic carbocycles. The molecule has 0 saturated carbocycles. The summed E-state index contributed by atoms with van der Waals surface area (Å²) in [5, 5.41) is 0. The second-order valence-electron chi connectivity index (χ2n) is 2.93. The van der Waals surface area contributed by atoms with Crippen LogP contribution >= 0.6 is 0 Å². The Hall–Kier alpha value is -0.0651. The molecule has 0 aliphatic rings. The van der Waals surface area contributed by atoms with Gasteiger partial charge in [-0.05, 0) is 0 Å². The van der Waals surface area contributed by atoms with Gasteiger partial charge in [0.1, 0.15) is 0 Å². The Balaban J connectivity index is 3.79. The Kier molecular flexibility index (Phi) is 1.79. The molecule has 0 nitrogen and oxygen atoms in total. The predicted octanol–water partition coefficient (Wildman–Crippen LogP) is 1.39. The van der Waals surface area contributed by atoms with E-state index >= 15 is 0 Å². The molecule has 0 fully saturated rings. The fraction of sp³-hybridized carbons (Fsp3) is 0.833. The van der Waals surface area contributed by atoms with Crippen LogP contribution in [-0.2, 0) is 0 Å². The van der Waals surface area contributed by atoms with Gasteiger partial charge in [0.05, 0.1) is 0 Å². The van der Waals surface area contributed by atoms with E-state index < -0.39 is 0 Å².